The highest BCUT2D eigenvalue weighted by Crippen LogP contribution is 2.22. The number of likely N-dealkylation sites (tertiary alicyclic amines) is 1. The summed E-state index contributed by atoms with van der Waals surface area (Å²) in [5.74, 6) is 0.922. The molecular formula is C18H27N. The Labute approximate surface area is 118 Å². The minimum absolute atomic E-state index is 0.922. The lowest BCUT2D eigenvalue weighted by molar-refractivity contribution is 0.339. The summed E-state index contributed by atoms with van der Waals surface area (Å²) < 4.78 is 0. The lowest BCUT2D eigenvalue weighted by Gasteiger charge is -2.15. The zero-order chi connectivity index (χ0) is 13.7. The van der Waals surface area contributed by atoms with E-state index in [-0.39, 0.29) is 0 Å². The Morgan fingerprint density at radius 1 is 1.21 bits per heavy atom. The number of rotatable bonds is 4. The van der Waals surface area contributed by atoms with Crippen LogP contribution in [0.25, 0.3) is 5.57 Å². The maximum Gasteiger partial charge on any atom is -0.00191 e. The Bertz CT molecular complexity index is 404. The first-order valence-corrected chi connectivity index (χ1v) is 7.58. The third-order valence-corrected chi connectivity index (χ3v) is 4.36. The third-order valence-electron chi connectivity index (χ3n) is 4.36. The molecule has 0 N–H and O–H groups in total. The fourth-order valence-corrected chi connectivity index (χ4v) is 2.92. The molecule has 0 aromatic heterocycles. The lowest BCUT2D eigenvalue weighted by Crippen LogP contribution is -2.18. The van der Waals surface area contributed by atoms with Gasteiger partial charge in [-0.25, -0.2) is 0 Å². The fourth-order valence-electron chi connectivity index (χ4n) is 2.92. The predicted octanol–water partition coefficient (Wildman–Crippen LogP) is 4.38. The molecule has 104 valence electrons. The summed E-state index contributed by atoms with van der Waals surface area (Å²) in [6.45, 7) is 8.61. The van der Waals surface area contributed by atoms with E-state index in [1.165, 1.54) is 56.3 Å². The average Bonchev–Trinajstić information content (AvgIpc) is 2.61. The van der Waals surface area contributed by atoms with Gasteiger partial charge in [0.2, 0.25) is 0 Å². The molecule has 1 fully saturated rings. The van der Waals surface area contributed by atoms with Gasteiger partial charge in [0.1, 0.15) is 0 Å². The van der Waals surface area contributed by atoms with E-state index in [1.54, 1.807) is 0 Å². The van der Waals surface area contributed by atoms with E-state index < -0.39 is 0 Å². The third kappa shape index (κ3) is 4.50. The molecule has 1 aromatic carbocycles. The molecule has 1 atom stereocenters. The van der Waals surface area contributed by atoms with Crippen LogP contribution in [-0.2, 0) is 6.42 Å². The summed E-state index contributed by atoms with van der Waals surface area (Å²) in [6, 6.07) is 8.96. The standard InChI is InChI=1S/C18H27N/c1-15(2)18-10-8-17(9-11-18)7-6-16-5-4-13-19(3)14-12-16/h8-11,16H,1,4-7,12-14H2,2-3H3. The lowest BCUT2D eigenvalue weighted by atomic mass is 9.93. The van der Waals surface area contributed by atoms with E-state index in [0.29, 0.717) is 0 Å². The maximum atomic E-state index is 3.99. The molecule has 1 aliphatic rings. The SMILES string of the molecule is C=C(C)c1ccc(CCC2CCCN(C)CC2)cc1. The number of allylic oxidation sites excluding steroid dienone is 1. The van der Waals surface area contributed by atoms with Crippen molar-refractivity contribution >= 4 is 5.57 Å². The average molecular weight is 257 g/mol. The monoisotopic (exact) mass is 257 g/mol. The Hall–Kier alpha value is -1.08. The molecule has 0 saturated carbocycles. The van der Waals surface area contributed by atoms with Gasteiger partial charge in [0.25, 0.3) is 0 Å². The van der Waals surface area contributed by atoms with Crippen molar-refractivity contribution in [3.63, 3.8) is 0 Å². The largest absolute Gasteiger partial charge is 0.306 e. The highest BCUT2D eigenvalue weighted by atomic mass is 15.1. The summed E-state index contributed by atoms with van der Waals surface area (Å²) >= 11 is 0. The number of hydrogen-bond donors (Lipinski definition) is 0. The molecule has 0 amide bonds. The second-order valence-corrected chi connectivity index (χ2v) is 6.12. The van der Waals surface area contributed by atoms with Crippen molar-refractivity contribution in [2.75, 3.05) is 20.1 Å². The summed E-state index contributed by atoms with van der Waals surface area (Å²) in [5.41, 5.74) is 3.89. The highest BCUT2D eigenvalue weighted by Gasteiger charge is 2.14. The van der Waals surface area contributed by atoms with Gasteiger partial charge in [-0.1, -0.05) is 36.4 Å². The zero-order valence-corrected chi connectivity index (χ0v) is 12.5. The van der Waals surface area contributed by atoms with Crippen molar-refractivity contribution in [1.82, 2.24) is 4.90 Å². The molecule has 0 radical (unpaired) electrons. The molecule has 1 unspecified atom stereocenters. The predicted molar refractivity (Wildman–Crippen MR) is 84.3 cm³/mol. The quantitative estimate of drug-likeness (QED) is 0.773. The molecular weight excluding hydrogens is 230 g/mol. The molecule has 0 bridgehead atoms. The van der Waals surface area contributed by atoms with Crippen LogP contribution in [0.2, 0.25) is 0 Å². The Kier molecular flexibility index (Phi) is 5.21. The summed E-state index contributed by atoms with van der Waals surface area (Å²) in [7, 11) is 2.25. The van der Waals surface area contributed by atoms with Gasteiger partial charge in [0.15, 0.2) is 0 Å². The van der Waals surface area contributed by atoms with Crippen molar-refractivity contribution in [1.29, 1.82) is 0 Å². The van der Waals surface area contributed by atoms with Crippen LogP contribution in [-0.4, -0.2) is 25.0 Å². The van der Waals surface area contributed by atoms with Crippen molar-refractivity contribution in [3.05, 3.63) is 42.0 Å². The molecule has 1 saturated heterocycles. The van der Waals surface area contributed by atoms with Gasteiger partial charge in [0, 0.05) is 0 Å². The van der Waals surface area contributed by atoms with Gasteiger partial charge in [0.05, 0.1) is 0 Å². The van der Waals surface area contributed by atoms with Crippen molar-refractivity contribution in [2.24, 2.45) is 5.92 Å². The summed E-state index contributed by atoms with van der Waals surface area (Å²) in [5, 5.41) is 0. The van der Waals surface area contributed by atoms with E-state index >= 15 is 0 Å². The van der Waals surface area contributed by atoms with Crippen molar-refractivity contribution < 1.29 is 0 Å². The van der Waals surface area contributed by atoms with Crippen LogP contribution in [0, 0.1) is 5.92 Å². The number of nitrogens with zero attached hydrogens (tertiary/aromatic N) is 1. The minimum Gasteiger partial charge on any atom is -0.306 e. The molecule has 19 heavy (non-hydrogen) atoms. The van der Waals surface area contributed by atoms with Crippen LogP contribution in [0.4, 0.5) is 0 Å². The first kappa shape index (κ1) is 14.3. The van der Waals surface area contributed by atoms with Gasteiger partial charge in [-0.3, -0.25) is 0 Å². The summed E-state index contributed by atoms with van der Waals surface area (Å²) in [4.78, 5) is 2.47. The Morgan fingerprint density at radius 3 is 2.63 bits per heavy atom. The first-order valence-electron chi connectivity index (χ1n) is 7.58. The highest BCUT2D eigenvalue weighted by molar-refractivity contribution is 5.61. The van der Waals surface area contributed by atoms with Crippen LogP contribution in [0.1, 0.15) is 43.7 Å². The van der Waals surface area contributed by atoms with E-state index in [9.17, 15) is 0 Å². The molecule has 0 spiro atoms. The van der Waals surface area contributed by atoms with Gasteiger partial charge in [-0.2, -0.15) is 0 Å². The molecule has 1 aliphatic heterocycles. The number of hydrogen-bond acceptors (Lipinski definition) is 1. The maximum absolute atomic E-state index is 3.99. The van der Waals surface area contributed by atoms with Crippen LogP contribution < -0.4 is 0 Å². The molecule has 1 aromatic rings. The van der Waals surface area contributed by atoms with E-state index in [1.807, 2.05) is 0 Å². The summed E-state index contributed by atoms with van der Waals surface area (Å²) in [6.07, 6.45) is 6.73. The van der Waals surface area contributed by atoms with Gasteiger partial charge < -0.3 is 4.90 Å². The van der Waals surface area contributed by atoms with Crippen LogP contribution in [0.5, 0.6) is 0 Å². The van der Waals surface area contributed by atoms with Crippen molar-refractivity contribution in [2.45, 2.75) is 39.0 Å². The van der Waals surface area contributed by atoms with Crippen molar-refractivity contribution in [3.8, 4) is 0 Å². The van der Waals surface area contributed by atoms with Gasteiger partial charge in [-0.15, -0.1) is 0 Å². The normalized spacial score (nSPS) is 21.1. The molecule has 1 nitrogen and oxygen atoms in total. The minimum atomic E-state index is 0.922. The van der Waals surface area contributed by atoms with Crippen LogP contribution >= 0.6 is 0 Å². The van der Waals surface area contributed by atoms with Crippen LogP contribution in [0.3, 0.4) is 0 Å². The molecule has 1 heterocycles. The first-order chi connectivity index (χ1) is 9.15. The smallest absolute Gasteiger partial charge is 0.00191 e. The van der Waals surface area contributed by atoms with Gasteiger partial charge >= 0.3 is 0 Å². The van der Waals surface area contributed by atoms with Gasteiger partial charge in [-0.05, 0) is 76.2 Å². The van der Waals surface area contributed by atoms with E-state index in [4.69, 9.17) is 0 Å². The van der Waals surface area contributed by atoms with Crippen LogP contribution in [0.15, 0.2) is 30.8 Å². The Morgan fingerprint density at radius 2 is 1.95 bits per heavy atom. The van der Waals surface area contributed by atoms with E-state index in [2.05, 4.69) is 49.7 Å². The molecule has 1 heteroatoms. The number of aryl methyl sites for hydroxylation is 1. The second kappa shape index (κ2) is 6.91. The number of benzene rings is 1. The molecule has 2 rings (SSSR count). The topological polar surface area (TPSA) is 3.24 Å². The Balaban J connectivity index is 1.83. The zero-order valence-electron chi connectivity index (χ0n) is 12.5. The van der Waals surface area contributed by atoms with E-state index in [0.717, 1.165) is 11.5 Å². The molecule has 0 aliphatic carbocycles. The second-order valence-electron chi connectivity index (χ2n) is 6.12. The fraction of sp³-hybridized carbons (Fsp3) is 0.556.